The molecular formula is C12H20N2O4. The summed E-state index contributed by atoms with van der Waals surface area (Å²) in [5.41, 5.74) is 4.98. The maximum Gasteiger partial charge on any atom is 0.307 e. The number of hydrogen-bond acceptors (Lipinski definition) is 3. The van der Waals surface area contributed by atoms with E-state index < -0.39 is 23.7 Å². The maximum atomic E-state index is 11.9. The third-order valence-electron chi connectivity index (χ3n) is 3.32. The van der Waals surface area contributed by atoms with E-state index in [1.54, 1.807) is 0 Å². The maximum absolute atomic E-state index is 11.9. The van der Waals surface area contributed by atoms with E-state index in [4.69, 9.17) is 10.8 Å². The van der Waals surface area contributed by atoms with Crippen LogP contribution in [0.3, 0.4) is 0 Å². The van der Waals surface area contributed by atoms with Crippen molar-refractivity contribution in [3.05, 3.63) is 0 Å². The molecule has 0 heterocycles. The van der Waals surface area contributed by atoms with Gasteiger partial charge in [0.1, 0.15) is 0 Å². The van der Waals surface area contributed by atoms with Gasteiger partial charge >= 0.3 is 5.97 Å². The molecule has 2 amide bonds. The topological polar surface area (TPSA) is 109 Å². The average molecular weight is 256 g/mol. The van der Waals surface area contributed by atoms with Crippen LogP contribution in [0, 0.1) is 11.8 Å². The monoisotopic (exact) mass is 256 g/mol. The van der Waals surface area contributed by atoms with Gasteiger partial charge in [-0.15, -0.1) is 0 Å². The van der Waals surface area contributed by atoms with Crippen LogP contribution in [-0.2, 0) is 14.4 Å². The van der Waals surface area contributed by atoms with Crippen molar-refractivity contribution in [3.63, 3.8) is 0 Å². The molecular weight excluding hydrogens is 236 g/mol. The molecule has 0 radical (unpaired) electrons. The highest BCUT2D eigenvalue weighted by Crippen LogP contribution is 2.30. The first-order valence-corrected chi connectivity index (χ1v) is 6.31. The van der Waals surface area contributed by atoms with Crippen LogP contribution in [0.1, 0.15) is 38.5 Å². The van der Waals surface area contributed by atoms with Crippen LogP contribution < -0.4 is 11.1 Å². The first-order chi connectivity index (χ1) is 8.52. The van der Waals surface area contributed by atoms with Crippen molar-refractivity contribution in [1.29, 1.82) is 0 Å². The van der Waals surface area contributed by atoms with Crippen LogP contribution >= 0.6 is 0 Å². The van der Waals surface area contributed by atoms with E-state index in [9.17, 15) is 14.4 Å². The minimum atomic E-state index is -0.896. The van der Waals surface area contributed by atoms with Gasteiger partial charge in [0.05, 0.1) is 11.8 Å². The van der Waals surface area contributed by atoms with Crippen LogP contribution in [0.25, 0.3) is 0 Å². The largest absolute Gasteiger partial charge is 0.481 e. The standard InChI is InChI=1S/C12H20N2O4/c13-10(15)6-3-7-14-11(16)8-4-1-2-5-9(8)12(17)18/h8-9H,1-7H2,(H2,13,15)(H,14,16)(H,17,18)/t8-,9+/m1/s1. The van der Waals surface area contributed by atoms with Gasteiger partial charge in [0, 0.05) is 13.0 Å². The molecule has 18 heavy (non-hydrogen) atoms. The van der Waals surface area contributed by atoms with E-state index in [-0.39, 0.29) is 12.3 Å². The van der Waals surface area contributed by atoms with Gasteiger partial charge < -0.3 is 16.2 Å². The van der Waals surface area contributed by atoms with Gasteiger partial charge in [-0.3, -0.25) is 14.4 Å². The van der Waals surface area contributed by atoms with Gasteiger partial charge in [0.25, 0.3) is 0 Å². The van der Waals surface area contributed by atoms with E-state index in [1.807, 2.05) is 0 Å². The Kier molecular flexibility index (Phi) is 5.61. The van der Waals surface area contributed by atoms with E-state index >= 15 is 0 Å². The van der Waals surface area contributed by atoms with Crippen LogP contribution in [0.15, 0.2) is 0 Å². The van der Waals surface area contributed by atoms with Gasteiger partial charge in [0.2, 0.25) is 11.8 Å². The van der Waals surface area contributed by atoms with E-state index in [0.29, 0.717) is 25.8 Å². The first kappa shape index (κ1) is 14.5. The van der Waals surface area contributed by atoms with Crippen molar-refractivity contribution in [1.82, 2.24) is 5.32 Å². The highest BCUT2D eigenvalue weighted by atomic mass is 16.4. The Morgan fingerprint density at radius 1 is 1.17 bits per heavy atom. The molecule has 1 aliphatic carbocycles. The Hall–Kier alpha value is -1.59. The summed E-state index contributed by atoms with van der Waals surface area (Å²) in [4.78, 5) is 33.4. The third-order valence-corrected chi connectivity index (χ3v) is 3.32. The summed E-state index contributed by atoms with van der Waals surface area (Å²) >= 11 is 0. The first-order valence-electron chi connectivity index (χ1n) is 6.31. The fourth-order valence-electron chi connectivity index (χ4n) is 2.35. The second-order valence-electron chi connectivity index (χ2n) is 4.70. The molecule has 0 aromatic carbocycles. The minimum absolute atomic E-state index is 0.216. The molecule has 6 nitrogen and oxygen atoms in total. The summed E-state index contributed by atoms with van der Waals surface area (Å²) in [7, 11) is 0. The number of carboxylic acid groups (broad SMARTS) is 1. The zero-order valence-electron chi connectivity index (χ0n) is 10.4. The molecule has 0 bridgehead atoms. The van der Waals surface area contributed by atoms with Gasteiger partial charge in [-0.25, -0.2) is 0 Å². The lowest BCUT2D eigenvalue weighted by atomic mass is 9.78. The molecule has 6 heteroatoms. The van der Waals surface area contributed by atoms with Crippen molar-refractivity contribution >= 4 is 17.8 Å². The molecule has 0 unspecified atom stereocenters. The van der Waals surface area contributed by atoms with Crippen LogP contribution in [-0.4, -0.2) is 29.4 Å². The van der Waals surface area contributed by atoms with Crippen molar-refractivity contribution in [2.45, 2.75) is 38.5 Å². The van der Waals surface area contributed by atoms with Crippen molar-refractivity contribution < 1.29 is 19.5 Å². The van der Waals surface area contributed by atoms with Crippen LogP contribution in [0.2, 0.25) is 0 Å². The van der Waals surface area contributed by atoms with Gasteiger partial charge in [-0.2, -0.15) is 0 Å². The Labute approximate surface area is 106 Å². The number of rotatable bonds is 6. The lowest BCUT2D eigenvalue weighted by molar-refractivity contribution is -0.148. The van der Waals surface area contributed by atoms with Crippen molar-refractivity contribution in [2.75, 3.05) is 6.54 Å². The fourth-order valence-corrected chi connectivity index (χ4v) is 2.35. The van der Waals surface area contributed by atoms with Crippen LogP contribution in [0.4, 0.5) is 0 Å². The summed E-state index contributed by atoms with van der Waals surface area (Å²) in [5, 5.41) is 11.7. The SMILES string of the molecule is NC(=O)CCCNC(=O)[C@@H]1CCCC[C@@H]1C(=O)O. The van der Waals surface area contributed by atoms with E-state index in [2.05, 4.69) is 5.32 Å². The summed E-state index contributed by atoms with van der Waals surface area (Å²) in [6.07, 6.45) is 3.66. The molecule has 1 rings (SSSR count). The predicted octanol–water partition coefficient (Wildman–Crippen LogP) is 0.259. The highest BCUT2D eigenvalue weighted by Gasteiger charge is 2.35. The second kappa shape index (κ2) is 6.98. The number of carbonyl (C=O) groups excluding carboxylic acids is 2. The normalized spacial score (nSPS) is 23.3. The quantitative estimate of drug-likeness (QED) is 0.592. The number of carbonyl (C=O) groups is 3. The molecule has 1 aliphatic rings. The molecule has 1 fully saturated rings. The number of primary amides is 1. The van der Waals surface area contributed by atoms with E-state index in [0.717, 1.165) is 12.8 Å². The molecule has 0 saturated heterocycles. The molecule has 0 aliphatic heterocycles. The summed E-state index contributed by atoms with van der Waals surface area (Å²) in [6.45, 7) is 0.366. The molecule has 0 aromatic rings. The van der Waals surface area contributed by atoms with Crippen molar-refractivity contribution in [2.24, 2.45) is 17.6 Å². The lowest BCUT2D eigenvalue weighted by Crippen LogP contribution is -2.40. The number of hydrogen-bond donors (Lipinski definition) is 3. The van der Waals surface area contributed by atoms with Gasteiger partial charge in [-0.1, -0.05) is 12.8 Å². The zero-order valence-corrected chi connectivity index (χ0v) is 10.4. The molecule has 1 saturated carbocycles. The molecule has 0 aromatic heterocycles. The molecule has 4 N–H and O–H groups in total. The van der Waals surface area contributed by atoms with E-state index in [1.165, 1.54) is 0 Å². The number of amides is 2. The Morgan fingerprint density at radius 3 is 2.33 bits per heavy atom. The fraction of sp³-hybridized carbons (Fsp3) is 0.750. The number of carboxylic acids is 1. The summed E-state index contributed by atoms with van der Waals surface area (Å²) in [5.74, 6) is -2.52. The molecule has 0 spiro atoms. The number of nitrogens with two attached hydrogens (primary N) is 1. The molecule has 102 valence electrons. The third kappa shape index (κ3) is 4.35. The lowest BCUT2D eigenvalue weighted by Gasteiger charge is -2.27. The Balaban J connectivity index is 2.38. The van der Waals surface area contributed by atoms with Crippen molar-refractivity contribution in [3.8, 4) is 0 Å². The Morgan fingerprint density at radius 2 is 1.78 bits per heavy atom. The number of aliphatic carboxylic acids is 1. The summed E-state index contributed by atoms with van der Waals surface area (Å²) < 4.78 is 0. The predicted molar refractivity (Wildman–Crippen MR) is 64.5 cm³/mol. The highest BCUT2D eigenvalue weighted by molar-refractivity contribution is 5.84. The smallest absolute Gasteiger partial charge is 0.307 e. The Bertz CT molecular complexity index is 330. The van der Waals surface area contributed by atoms with Gasteiger partial charge in [-0.05, 0) is 19.3 Å². The average Bonchev–Trinajstić information content (AvgIpc) is 2.34. The molecule has 2 atom stereocenters. The van der Waals surface area contributed by atoms with Gasteiger partial charge in [0.15, 0.2) is 0 Å². The number of nitrogens with one attached hydrogen (secondary N) is 1. The summed E-state index contributed by atoms with van der Waals surface area (Å²) in [6, 6.07) is 0. The second-order valence-corrected chi connectivity index (χ2v) is 4.70. The van der Waals surface area contributed by atoms with Crippen LogP contribution in [0.5, 0.6) is 0 Å². The minimum Gasteiger partial charge on any atom is -0.481 e. The zero-order chi connectivity index (χ0) is 13.5.